The van der Waals surface area contributed by atoms with Crippen molar-refractivity contribution in [3.05, 3.63) is 57.8 Å². The summed E-state index contributed by atoms with van der Waals surface area (Å²) in [5, 5.41) is 5.52. The molecule has 0 spiro atoms. The zero-order valence-electron chi connectivity index (χ0n) is 16.8. The number of hydrogen-bond donors (Lipinski definition) is 0. The molecule has 5 rings (SSSR count). The second-order valence-electron chi connectivity index (χ2n) is 7.69. The molecule has 3 aromatic rings. The highest BCUT2D eigenvalue weighted by Crippen LogP contribution is 2.38. The van der Waals surface area contributed by atoms with Crippen molar-refractivity contribution in [2.45, 2.75) is 25.6 Å². The van der Waals surface area contributed by atoms with Gasteiger partial charge in [-0.2, -0.15) is 5.10 Å². The molecule has 1 aromatic heterocycles. The average molecular weight is 443 g/mol. The van der Waals surface area contributed by atoms with E-state index in [1.807, 2.05) is 46.6 Å². The molecule has 0 aliphatic carbocycles. The Labute approximate surface area is 185 Å². The Bertz CT molecular complexity index is 1130. The Morgan fingerprint density at radius 3 is 2.67 bits per heavy atom. The number of halogens is 1. The van der Waals surface area contributed by atoms with Crippen LogP contribution in [0.1, 0.15) is 24.4 Å². The lowest BCUT2D eigenvalue weighted by Crippen LogP contribution is -2.27. The van der Waals surface area contributed by atoms with Crippen molar-refractivity contribution < 1.29 is 9.47 Å². The number of rotatable bonds is 4. The molecule has 0 N–H and O–H groups in total. The van der Waals surface area contributed by atoms with Gasteiger partial charge in [-0.15, -0.1) is 0 Å². The van der Waals surface area contributed by atoms with Crippen LogP contribution in [0.3, 0.4) is 0 Å². The van der Waals surface area contributed by atoms with Gasteiger partial charge in [0.25, 0.3) is 0 Å². The summed E-state index contributed by atoms with van der Waals surface area (Å²) in [6.45, 7) is 2.87. The maximum absolute atomic E-state index is 6.03. The third kappa shape index (κ3) is 3.62. The molecule has 2 aliphatic rings. The van der Waals surface area contributed by atoms with Gasteiger partial charge < -0.3 is 14.0 Å². The second kappa shape index (κ2) is 8.06. The maximum Gasteiger partial charge on any atom is 0.199 e. The van der Waals surface area contributed by atoms with Gasteiger partial charge in [0.1, 0.15) is 13.2 Å². The third-order valence-electron chi connectivity index (χ3n) is 5.77. The van der Waals surface area contributed by atoms with Crippen LogP contribution < -0.4 is 9.47 Å². The van der Waals surface area contributed by atoms with Crippen LogP contribution in [0.25, 0.3) is 11.4 Å². The van der Waals surface area contributed by atoms with E-state index in [1.54, 1.807) is 0 Å². The van der Waals surface area contributed by atoms with Crippen molar-refractivity contribution in [1.29, 1.82) is 0 Å². The van der Waals surface area contributed by atoms with E-state index in [-0.39, 0.29) is 0 Å². The van der Waals surface area contributed by atoms with E-state index in [0.717, 1.165) is 42.3 Å². The van der Waals surface area contributed by atoms with E-state index in [0.29, 0.717) is 35.7 Å². The smallest absolute Gasteiger partial charge is 0.199 e. The Morgan fingerprint density at radius 2 is 1.87 bits per heavy atom. The summed E-state index contributed by atoms with van der Waals surface area (Å²) in [5.41, 5.74) is 2.24. The number of fused-ring (bicyclic) bond motifs is 1. The summed E-state index contributed by atoms with van der Waals surface area (Å²) >= 11 is 11.7. The van der Waals surface area contributed by atoms with Crippen LogP contribution >= 0.6 is 23.8 Å². The molecular formula is C22H23ClN4O2S. The lowest BCUT2D eigenvalue weighted by atomic mass is 10.0. The largest absolute Gasteiger partial charge is 0.486 e. The van der Waals surface area contributed by atoms with Crippen molar-refractivity contribution in [2.24, 2.45) is 7.05 Å². The molecule has 1 fully saturated rings. The Hall–Kier alpha value is -2.35. The number of benzene rings is 2. The molecule has 0 radical (unpaired) electrons. The SMILES string of the molecule is Cn1c(-c2ccc(Cl)cc2)nn(CN2CCC[C@@H]2c2ccc3c(c2)OCCO3)c1=S. The average Bonchev–Trinajstić information content (AvgIpc) is 3.34. The first kappa shape index (κ1) is 19.6. The van der Waals surface area contributed by atoms with Crippen LogP contribution in [0, 0.1) is 4.77 Å². The lowest BCUT2D eigenvalue weighted by molar-refractivity contribution is 0.168. The van der Waals surface area contributed by atoms with Crippen molar-refractivity contribution in [1.82, 2.24) is 19.2 Å². The molecule has 2 aliphatic heterocycles. The normalized spacial score (nSPS) is 18.7. The second-order valence-corrected chi connectivity index (χ2v) is 8.49. The van der Waals surface area contributed by atoms with E-state index >= 15 is 0 Å². The molecule has 3 heterocycles. The summed E-state index contributed by atoms with van der Waals surface area (Å²) in [6, 6.07) is 14.3. The number of nitrogens with zero attached hydrogens (tertiary/aromatic N) is 4. The number of ether oxygens (including phenoxy) is 2. The molecule has 6 nitrogen and oxygen atoms in total. The fourth-order valence-electron chi connectivity index (χ4n) is 4.24. The summed E-state index contributed by atoms with van der Waals surface area (Å²) < 4.78 is 16.0. The van der Waals surface area contributed by atoms with E-state index < -0.39 is 0 Å². The molecular weight excluding hydrogens is 420 g/mol. The molecule has 2 aromatic carbocycles. The molecule has 1 saturated heterocycles. The lowest BCUT2D eigenvalue weighted by Gasteiger charge is -2.26. The summed E-state index contributed by atoms with van der Waals surface area (Å²) in [7, 11) is 1.96. The maximum atomic E-state index is 6.03. The summed E-state index contributed by atoms with van der Waals surface area (Å²) in [5.74, 6) is 2.51. The van der Waals surface area contributed by atoms with Crippen LogP contribution in [0.15, 0.2) is 42.5 Å². The van der Waals surface area contributed by atoms with Crippen molar-refractivity contribution >= 4 is 23.8 Å². The first-order valence-electron chi connectivity index (χ1n) is 10.1. The molecule has 30 heavy (non-hydrogen) atoms. The Morgan fingerprint density at radius 1 is 1.10 bits per heavy atom. The van der Waals surface area contributed by atoms with E-state index in [1.165, 1.54) is 5.56 Å². The van der Waals surface area contributed by atoms with E-state index in [2.05, 4.69) is 17.0 Å². The minimum atomic E-state index is 0.309. The first-order valence-corrected chi connectivity index (χ1v) is 10.9. The predicted octanol–water partition coefficient (Wildman–Crippen LogP) is 4.84. The van der Waals surface area contributed by atoms with E-state index in [4.69, 9.17) is 38.4 Å². The highest BCUT2D eigenvalue weighted by Gasteiger charge is 2.28. The highest BCUT2D eigenvalue weighted by atomic mass is 35.5. The molecule has 0 amide bonds. The van der Waals surface area contributed by atoms with E-state index in [9.17, 15) is 0 Å². The molecule has 156 valence electrons. The minimum Gasteiger partial charge on any atom is -0.486 e. The predicted molar refractivity (Wildman–Crippen MR) is 119 cm³/mol. The van der Waals surface area contributed by atoms with Gasteiger partial charge in [0.05, 0.1) is 6.67 Å². The van der Waals surface area contributed by atoms with Gasteiger partial charge >= 0.3 is 0 Å². The van der Waals surface area contributed by atoms with Crippen LogP contribution in [0.2, 0.25) is 5.02 Å². The number of hydrogen-bond acceptors (Lipinski definition) is 5. The van der Waals surface area contributed by atoms with Gasteiger partial charge in [0, 0.05) is 30.2 Å². The topological polar surface area (TPSA) is 44.5 Å². The minimum absolute atomic E-state index is 0.309. The van der Waals surface area contributed by atoms with Gasteiger partial charge in [-0.3, -0.25) is 4.90 Å². The number of aromatic nitrogens is 3. The van der Waals surface area contributed by atoms with Gasteiger partial charge in [0.15, 0.2) is 22.1 Å². The zero-order chi connectivity index (χ0) is 20.7. The van der Waals surface area contributed by atoms with Gasteiger partial charge in [0.2, 0.25) is 0 Å². The Kier molecular flexibility index (Phi) is 5.26. The quantitative estimate of drug-likeness (QED) is 0.541. The first-order chi connectivity index (χ1) is 14.6. The highest BCUT2D eigenvalue weighted by molar-refractivity contribution is 7.71. The molecule has 8 heteroatoms. The standard InChI is InChI=1S/C22H23ClN4O2S/c1-25-21(15-4-7-17(23)8-5-15)24-27(22(25)30)14-26-10-2-3-18(26)16-6-9-19-20(13-16)29-12-11-28-19/h4-9,13,18H,2-3,10-12,14H2,1H3/t18-/m1/s1. The monoisotopic (exact) mass is 442 g/mol. The third-order valence-corrected chi connectivity index (χ3v) is 6.51. The Balaban J connectivity index is 1.41. The molecule has 1 atom stereocenters. The fourth-order valence-corrected chi connectivity index (χ4v) is 4.55. The van der Waals surface area contributed by atoms with Gasteiger partial charge in [-0.1, -0.05) is 17.7 Å². The molecule has 0 saturated carbocycles. The van der Waals surface area contributed by atoms with Gasteiger partial charge in [-0.05, 0) is 67.0 Å². The molecule has 0 bridgehead atoms. The fraction of sp³-hybridized carbons (Fsp3) is 0.364. The van der Waals surface area contributed by atoms with Crippen LogP contribution in [0.5, 0.6) is 11.5 Å². The summed E-state index contributed by atoms with van der Waals surface area (Å²) in [6.07, 6.45) is 2.24. The zero-order valence-corrected chi connectivity index (χ0v) is 18.3. The van der Waals surface area contributed by atoms with Crippen molar-refractivity contribution in [3.63, 3.8) is 0 Å². The van der Waals surface area contributed by atoms with Crippen LogP contribution in [-0.2, 0) is 13.7 Å². The molecule has 0 unspecified atom stereocenters. The van der Waals surface area contributed by atoms with Gasteiger partial charge in [-0.25, -0.2) is 4.68 Å². The van der Waals surface area contributed by atoms with Crippen molar-refractivity contribution in [2.75, 3.05) is 19.8 Å². The van der Waals surface area contributed by atoms with Crippen LogP contribution in [-0.4, -0.2) is 39.0 Å². The number of likely N-dealkylation sites (tertiary alicyclic amines) is 1. The van der Waals surface area contributed by atoms with Crippen LogP contribution in [0.4, 0.5) is 0 Å². The summed E-state index contributed by atoms with van der Waals surface area (Å²) in [4.78, 5) is 2.43. The van der Waals surface area contributed by atoms with Crippen molar-refractivity contribution in [3.8, 4) is 22.9 Å².